The minimum Gasteiger partial charge on any atom is -0.327 e. The fourth-order valence-corrected chi connectivity index (χ4v) is 15.6. The molecule has 0 aliphatic carbocycles. The molecule has 0 saturated heterocycles. The predicted octanol–water partition coefficient (Wildman–Crippen LogP) is 10.5. The molecule has 0 atom stereocenters. The molecule has 0 saturated carbocycles. The number of thiophene rings is 1. The number of nitrogens with zero attached hydrogens (tertiary/aromatic N) is 4. The number of para-hydroxylation sites is 2. The van der Waals surface area contributed by atoms with Crippen LogP contribution in [0.3, 0.4) is 0 Å². The second kappa shape index (κ2) is 13.2. The van der Waals surface area contributed by atoms with E-state index in [9.17, 15) is 0 Å². The molecular formula is C52H40N4SSi. The van der Waals surface area contributed by atoms with Crippen LogP contribution in [0.15, 0.2) is 188 Å². The lowest BCUT2D eigenvalue weighted by Crippen LogP contribution is -2.74. The van der Waals surface area contributed by atoms with Gasteiger partial charge in [0.25, 0.3) is 0 Å². The van der Waals surface area contributed by atoms with Crippen LogP contribution in [0.1, 0.15) is 25.0 Å². The van der Waals surface area contributed by atoms with E-state index >= 15 is 0 Å². The Labute approximate surface area is 343 Å². The second-order valence-electron chi connectivity index (χ2n) is 15.9. The van der Waals surface area contributed by atoms with Crippen LogP contribution in [0.4, 0.5) is 17.2 Å². The van der Waals surface area contributed by atoms with Gasteiger partial charge >= 0.3 is 0 Å². The number of benzene rings is 7. The molecule has 6 heteroatoms. The average molecular weight is 781 g/mol. The Kier molecular flexibility index (Phi) is 7.90. The molecule has 58 heavy (non-hydrogen) atoms. The van der Waals surface area contributed by atoms with E-state index in [2.05, 4.69) is 212 Å². The quantitative estimate of drug-likeness (QED) is 0.125. The van der Waals surface area contributed by atoms with E-state index in [4.69, 9.17) is 9.97 Å². The summed E-state index contributed by atoms with van der Waals surface area (Å²) >= 11 is 1.87. The SMILES string of the molecule is Cn1c(-c2cccc([Si](c3ccccc3)(c3ccccc3)c3cccc(N4c5ncccc5C(C)(C)c5ccc6sc7ccccc7c6c54)c3)c2)nc2ccccc21. The molecule has 278 valence electrons. The van der Waals surface area contributed by atoms with E-state index in [1.54, 1.807) is 0 Å². The van der Waals surface area contributed by atoms with Crippen molar-refractivity contribution in [3.63, 3.8) is 0 Å². The third-order valence-electron chi connectivity index (χ3n) is 12.4. The lowest BCUT2D eigenvalue weighted by atomic mass is 9.74. The molecule has 0 radical (unpaired) electrons. The summed E-state index contributed by atoms with van der Waals surface area (Å²) in [5, 5.41) is 7.83. The molecule has 10 aromatic rings. The van der Waals surface area contributed by atoms with Crippen LogP contribution < -0.4 is 25.6 Å². The Morgan fingerprint density at radius 1 is 0.569 bits per heavy atom. The highest BCUT2D eigenvalue weighted by Gasteiger charge is 2.44. The van der Waals surface area contributed by atoms with Crippen LogP contribution in [0, 0.1) is 0 Å². The Hall–Kier alpha value is -6.60. The van der Waals surface area contributed by atoms with Gasteiger partial charge in [0, 0.05) is 55.6 Å². The van der Waals surface area contributed by atoms with Gasteiger partial charge in [-0.15, -0.1) is 11.3 Å². The molecule has 7 aromatic carbocycles. The maximum absolute atomic E-state index is 5.21. The van der Waals surface area contributed by atoms with E-state index < -0.39 is 8.07 Å². The zero-order valence-electron chi connectivity index (χ0n) is 32.6. The number of anilines is 3. The smallest absolute Gasteiger partial charge is 0.179 e. The Bertz CT molecular complexity index is 3140. The summed E-state index contributed by atoms with van der Waals surface area (Å²) < 4.78 is 4.80. The number of aromatic nitrogens is 3. The zero-order chi connectivity index (χ0) is 39.0. The number of hydrogen-bond donors (Lipinski definition) is 0. The molecule has 0 spiro atoms. The maximum atomic E-state index is 5.21. The molecule has 0 bridgehead atoms. The van der Waals surface area contributed by atoms with Crippen molar-refractivity contribution in [2.45, 2.75) is 19.3 Å². The van der Waals surface area contributed by atoms with Crippen LogP contribution in [-0.4, -0.2) is 22.6 Å². The summed E-state index contributed by atoms with van der Waals surface area (Å²) in [5.74, 6) is 1.94. The highest BCUT2D eigenvalue weighted by Crippen LogP contribution is 2.55. The second-order valence-corrected chi connectivity index (χ2v) is 20.8. The lowest BCUT2D eigenvalue weighted by molar-refractivity contribution is 0.629. The molecule has 4 nitrogen and oxygen atoms in total. The molecule has 4 heterocycles. The third kappa shape index (κ3) is 5.05. The molecule has 11 rings (SSSR count). The van der Waals surface area contributed by atoms with E-state index in [0.717, 1.165) is 33.9 Å². The van der Waals surface area contributed by atoms with Gasteiger partial charge in [-0.05, 0) is 68.8 Å². The fraction of sp³-hybridized carbons (Fsp3) is 0.0769. The van der Waals surface area contributed by atoms with Crippen molar-refractivity contribution < 1.29 is 0 Å². The molecule has 1 aliphatic rings. The van der Waals surface area contributed by atoms with Crippen LogP contribution >= 0.6 is 11.3 Å². The number of hydrogen-bond acceptors (Lipinski definition) is 4. The van der Waals surface area contributed by atoms with Crippen molar-refractivity contribution in [2.24, 2.45) is 7.05 Å². The van der Waals surface area contributed by atoms with Crippen LogP contribution in [-0.2, 0) is 12.5 Å². The average Bonchev–Trinajstić information content (AvgIpc) is 3.83. The van der Waals surface area contributed by atoms with Gasteiger partial charge in [0.1, 0.15) is 11.6 Å². The standard InChI is InChI=1S/C52H40N4SSi/c1-52(2)42-30-31-47-48(41-25-10-13-29-46(41)57-47)49(42)56(51-43(52)26-16-32-53-51)36-18-15-24-40(34-36)58(37-19-6-4-7-20-37,38-21-8-5-9-22-38)39-23-14-17-35(33-39)50-54-44-27-11-12-28-45(44)55(50)3/h4-34H,1-3H3. The number of pyridine rings is 1. The van der Waals surface area contributed by atoms with E-state index in [0.29, 0.717) is 0 Å². The number of imidazole rings is 1. The molecule has 0 N–H and O–H groups in total. The monoisotopic (exact) mass is 780 g/mol. The van der Waals surface area contributed by atoms with E-state index in [1.165, 1.54) is 57.7 Å². The molecule has 3 aromatic heterocycles. The third-order valence-corrected chi connectivity index (χ3v) is 18.3. The maximum Gasteiger partial charge on any atom is 0.179 e. The normalized spacial score (nSPS) is 13.5. The predicted molar refractivity (Wildman–Crippen MR) is 247 cm³/mol. The molecular weight excluding hydrogens is 741 g/mol. The van der Waals surface area contributed by atoms with E-state index in [1.807, 2.05) is 17.5 Å². The minimum absolute atomic E-state index is 0.257. The van der Waals surface area contributed by atoms with Crippen molar-refractivity contribution in [1.82, 2.24) is 14.5 Å². The van der Waals surface area contributed by atoms with Gasteiger partial charge < -0.3 is 4.57 Å². The highest BCUT2D eigenvalue weighted by molar-refractivity contribution is 7.26. The summed E-state index contributed by atoms with van der Waals surface area (Å²) in [6.45, 7) is 4.70. The summed E-state index contributed by atoms with van der Waals surface area (Å²) in [4.78, 5) is 12.8. The minimum atomic E-state index is -2.99. The first-order chi connectivity index (χ1) is 28.4. The fourth-order valence-electron chi connectivity index (χ4n) is 9.65. The zero-order valence-corrected chi connectivity index (χ0v) is 34.4. The first-order valence-corrected chi connectivity index (χ1v) is 22.7. The number of aryl methyl sites for hydroxylation is 1. The summed E-state index contributed by atoms with van der Waals surface area (Å²) in [5.41, 5.74) is 7.82. The molecule has 0 amide bonds. The summed E-state index contributed by atoms with van der Waals surface area (Å²) in [7, 11) is -0.871. The summed E-state index contributed by atoms with van der Waals surface area (Å²) in [6, 6.07) is 67.2. The van der Waals surface area contributed by atoms with Crippen molar-refractivity contribution in [3.05, 3.63) is 199 Å². The van der Waals surface area contributed by atoms with Gasteiger partial charge in [-0.1, -0.05) is 153 Å². The number of fused-ring (bicyclic) bond motifs is 7. The molecule has 0 unspecified atom stereocenters. The largest absolute Gasteiger partial charge is 0.327 e. The van der Waals surface area contributed by atoms with Crippen LogP contribution in [0.5, 0.6) is 0 Å². The lowest BCUT2D eigenvalue weighted by Gasteiger charge is -2.42. The highest BCUT2D eigenvalue weighted by atomic mass is 32.1. The molecule has 0 fully saturated rings. The van der Waals surface area contributed by atoms with Gasteiger partial charge in [0.15, 0.2) is 8.07 Å². The Morgan fingerprint density at radius 3 is 2.02 bits per heavy atom. The van der Waals surface area contributed by atoms with Crippen molar-refractivity contribution in [3.8, 4) is 11.4 Å². The van der Waals surface area contributed by atoms with Gasteiger partial charge in [-0.2, -0.15) is 0 Å². The Balaban J connectivity index is 1.21. The van der Waals surface area contributed by atoms with Gasteiger partial charge in [-0.3, -0.25) is 4.90 Å². The van der Waals surface area contributed by atoms with Crippen LogP contribution in [0.25, 0.3) is 42.6 Å². The topological polar surface area (TPSA) is 34.0 Å². The first kappa shape index (κ1) is 34.6. The van der Waals surface area contributed by atoms with Gasteiger partial charge in [0.2, 0.25) is 0 Å². The van der Waals surface area contributed by atoms with Crippen LogP contribution in [0.2, 0.25) is 0 Å². The van der Waals surface area contributed by atoms with Gasteiger partial charge in [0.05, 0.1) is 16.7 Å². The van der Waals surface area contributed by atoms with Crippen molar-refractivity contribution in [2.75, 3.05) is 4.90 Å². The van der Waals surface area contributed by atoms with E-state index in [-0.39, 0.29) is 5.41 Å². The Morgan fingerprint density at radius 2 is 1.24 bits per heavy atom. The number of rotatable bonds is 6. The van der Waals surface area contributed by atoms with Crippen molar-refractivity contribution >= 4 is 88.6 Å². The first-order valence-electron chi connectivity index (χ1n) is 19.9. The molecule has 1 aliphatic heterocycles. The van der Waals surface area contributed by atoms with Crippen molar-refractivity contribution in [1.29, 1.82) is 0 Å². The summed E-state index contributed by atoms with van der Waals surface area (Å²) in [6.07, 6.45) is 1.95. The van der Waals surface area contributed by atoms with Gasteiger partial charge in [-0.25, -0.2) is 9.97 Å².